The standard InChI is InChI=1S/C20H30O2S6/c21-9-17-11-25-19(27-17)13-23-6-4-15-2-1-3-16(8-15)5-7-24-14-20-26-12-18(10-22)28-20/h1-3,8,17-22H,4-7,9-14H2. The Balaban J connectivity index is 1.27. The molecular formula is C20H30O2S6. The normalized spacial score (nSPS) is 27.5. The van der Waals surface area contributed by atoms with E-state index >= 15 is 0 Å². The molecule has 4 atom stereocenters. The van der Waals surface area contributed by atoms with Crippen LogP contribution < -0.4 is 0 Å². The Hall–Kier alpha value is 1.24. The summed E-state index contributed by atoms with van der Waals surface area (Å²) in [6.07, 6.45) is 2.30. The minimum Gasteiger partial charge on any atom is -0.395 e. The van der Waals surface area contributed by atoms with E-state index in [0.29, 0.717) is 32.9 Å². The van der Waals surface area contributed by atoms with Gasteiger partial charge in [-0.05, 0) is 35.5 Å². The molecule has 4 unspecified atom stereocenters. The summed E-state index contributed by atoms with van der Waals surface area (Å²) < 4.78 is 1.32. The van der Waals surface area contributed by atoms with E-state index in [-0.39, 0.29) is 0 Å². The van der Waals surface area contributed by atoms with Gasteiger partial charge in [-0.3, -0.25) is 0 Å². The van der Waals surface area contributed by atoms with Crippen molar-refractivity contribution in [2.24, 2.45) is 0 Å². The number of hydrogen-bond acceptors (Lipinski definition) is 8. The van der Waals surface area contributed by atoms with E-state index < -0.39 is 0 Å². The Bertz CT molecular complexity index is 530. The Kier molecular flexibility index (Phi) is 11.6. The van der Waals surface area contributed by atoms with Crippen molar-refractivity contribution in [2.75, 3.05) is 47.7 Å². The summed E-state index contributed by atoms with van der Waals surface area (Å²) in [6, 6.07) is 9.13. The fraction of sp³-hybridized carbons (Fsp3) is 0.700. The van der Waals surface area contributed by atoms with Crippen LogP contribution in [0, 0.1) is 0 Å². The molecule has 0 saturated carbocycles. The topological polar surface area (TPSA) is 40.5 Å². The Morgan fingerprint density at radius 2 is 1.32 bits per heavy atom. The number of hydrogen-bond donors (Lipinski definition) is 2. The molecule has 2 fully saturated rings. The predicted octanol–water partition coefficient (Wildman–Crippen LogP) is 4.57. The molecule has 2 saturated heterocycles. The van der Waals surface area contributed by atoms with E-state index in [1.165, 1.54) is 34.1 Å². The summed E-state index contributed by atoms with van der Waals surface area (Å²) in [7, 11) is 0. The highest BCUT2D eigenvalue weighted by Crippen LogP contribution is 2.40. The van der Waals surface area contributed by atoms with Crippen LogP contribution in [0.25, 0.3) is 0 Å². The molecule has 2 aliphatic rings. The lowest BCUT2D eigenvalue weighted by Crippen LogP contribution is -2.07. The van der Waals surface area contributed by atoms with Crippen LogP contribution in [0.1, 0.15) is 11.1 Å². The predicted molar refractivity (Wildman–Crippen MR) is 138 cm³/mol. The first kappa shape index (κ1) is 23.9. The summed E-state index contributed by atoms with van der Waals surface area (Å²) in [5.41, 5.74) is 2.92. The van der Waals surface area contributed by atoms with Crippen LogP contribution >= 0.6 is 70.6 Å². The zero-order valence-corrected chi connectivity index (χ0v) is 20.9. The van der Waals surface area contributed by atoms with Crippen molar-refractivity contribution in [3.05, 3.63) is 35.4 Å². The Labute approximate surface area is 195 Å². The van der Waals surface area contributed by atoms with Crippen molar-refractivity contribution in [1.29, 1.82) is 0 Å². The quantitative estimate of drug-likeness (QED) is 0.410. The second-order valence-corrected chi connectivity index (χ2v) is 15.3. The average molecular weight is 495 g/mol. The van der Waals surface area contributed by atoms with Crippen LogP contribution in [0.15, 0.2) is 24.3 Å². The summed E-state index contributed by atoms with van der Waals surface area (Å²) in [5, 5.41) is 19.4. The fourth-order valence-corrected chi connectivity index (χ4v) is 12.3. The molecule has 158 valence electrons. The fourth-order valence-electron chi connectivity index (χ4n) is 3.06. The molecule has 28 heavy (non-hydrogen) atoms. The highest BCUT2D eigenvalue weighted by atomic mass is 32.2. The lowest BCUT2D eigenvalue weighted by atomic mass is 10.1. The van der Waals surface area contributed by atoms with Crippen LogP contribution in [0.2, 0.25) is 0 Å². The smallest absolute Gasteiger partial charge is 0.0597 e. The first-order valence-electron chi connectivity index (χ1n) is 9.76. The van der Waals surface area contributed by atoms with Gasteiger partial charge in [-0.1, -0.05) is 24.3 Å². The molecule has 1 aromatic carbocycles. The number of thioether (sulfide) groups is 6. The maximum atomic E-state index is 9.23. The van der Waals surface area contributed by atoms with Gasteiger partial charge in [0.15, 0.2) is 0 Å². The van der Waals surface area contributed by atoms with Gasteiger partial charge in [0.1, 0.15) is 0 Å². The largest absolute Gasteiger partial charge is 0.395 e. The van der Waals surface area contributed by atoms with Crippen LogP contribution in [0.3, 0.4) is 0 Å². The van der Waals surface area contributed by atoms with Gasteiger partial charge < -0.3 is 10.2 Å². The average Bonchev–Trinajstić information content (AvgIpc) is 3.38. The second kappa shape index (κ2) is 13.6. The van der Waals surface area contributed by atoms with E-state index in [0.717, 1.165) is 24.3 Å². The first-order chi connectivity index (χ1) is 13.8. The highest BCUT2D eigenvalue weighted by Gasteiger charge is 2.25. The summed E-state index contributed by atoms with van der Waals surface area (Å²) in [5.74, 6) is 6.95. The van der Waals surface area contributed by atoms with Crippen LogP contribution in [0.4, 0.5) is 0 Å². The van der Waals surface area contributed by atoms with Crippen molar-refractivity contribution in [3.63, 3.8) is 0 Å². The molecule has 3 rings (SSSR count). The third-order valence-corrected chi connectivity index (χ3v) is 14.1. The maximum Gasteiger partial charge on any atom is 0.0597 e. The molecule has 0 aromatic heterocycles. The molecule has 0 spiro atoms. The third-order valence-electron chi connectivity index (χ3n) is 4.60. The van der Waals surface area contributed by atoms with Crippen molar-refractivity contribution >= 4 is 70.6 Å². The number of aliphatic hydroxyl groups is 2. The molecule has 2 N–H and O–H groups in total. The van der Waals surface area contributed by atoms with Gasteiger partial charge in [0, 0.05) is 33.5 Å². The molecule has 2 nitrogen and oxygen atoms in total. The second-order valence-electron chi connectivity index (χ2n) is 6.88. The SMILES string of the molecule is OCC1CSC(CSCCc2cccc(CCSCC3SCC(CO)S3)c2)S1. The van der Waals surface area contributed by atoms with E-state index in [4.69, 9.17) is 0 Å². The minimum atomic E-state index is 0.325. The first-order valence-corrected chi connectivity index (χ1v) is 16.0. The summed E-state index contributed by atoms with van der Waals surface area (Å²) >= 11 is 12.0. The summed E-state index contributed by atoms with van der Waals surface area (Å²) in [6.45, 7) is 0.650. The lowest BCUT2D eigenvalue weighted by molar-refractivity contribution is 0.301. The lowest BCUT2D eigenvalue weighted by Gasteiger charge is -2.10. The molecule has 2 aliphatic heterocycles. The molecular weight excluding hydrogens is 465 g/mol. The Morgan fingerprint density at radius 1 is 0.821 bits per heavy atom. The zero-order chi connectivity index (χ0) is 19.6. The van der Waals surface area contributed by atoms with E-state index in [1.807, 2.05) is 47.0 Å². The molecule has 0 aliphatic carbocycles. The minimum absolute atomic E-state index is 0.325. The van der Waals surface area contributed by atoms with Gasteiger partial charge in [-0.2, -0.15) is 23.5 Å². The molecule has 2 heterocycles. The van der Waals surface area contributed by atoms with Gasteiger partial charge in [-0.15, -0.1) is 47.0 Å². The monoisotopic (exact) mass is 494 g/mol. The highest BCUT2D eigenvalue weighted by molar-refractivity contribution is 8.22. The number of benzene rings is 1. The molecule has 0 bridgehead atoms. The van der Waals surface area contributed by atoms with Gasteiger partial charge in [0.25, 0.3) is 0 Å². The third kappa shape index (κ3) is 8.40. The van der Waals surface area contributed by atoms with Crippen molar-refractivity contribution in [1.82, 2.24) is 0 Å². The van der Waals surface area contributed by atoms with Crippen molar-refractivity contribution < 1.29 is 10.2 Å². The Morgan fingerprint density at radius 3 is 1.75 bits per heavy atom. The zero-order valence-electron chi connectivity index (χ0n) is 16.0. The van der Waals surface area contributed by atoms with Crippen molar-refractivity contribution in [3.8, 4) is 0 Å². The van der Waals surface area contributed by atoms with Gasteiger partial charge in [0.2, 0.25) is 0 Å². The van der Waals surface area contributed by atoms with Crippen LogP contribution in [-0.2, 0) is 12.8 Å². The van der Waals surface area contributed by atoms with E-state index in [9.17, 15) is 10.2 Å². The van der Waals surface area contributed by atoms with Gasteiger partial charge in [-0.25, -0.2) is 0 Å². The molecule has 1 aromatic rings. The summed E-state index contributed by atoms with van der Waals surface area (Å²) in [4.78, 5) is 0. The number of rotatable bonds is 12. The number of aliphatic hydroxyl groups excluding tert-OH is 2. The maximum absolute atomic E-state index is 9.23. The molecule has 0 amide bonds. The van der Waals surface area contributed by atoms with Gasteiger partial charge >= 0.3 is 0 Å². The van der Waals surface area contributed by atoms with Crippen LogP contribution in [-0.4, -0.2) is 77.6 Å². The number of aryl methyl sites for hydroxylation is 2. The van der Waals surface area contributed by atoms with E-state index in [2.05, 4.69) is 47.8 Å². The molecule has 8 heteroatoms. The molecule has 0 radical (unpaired) electrons. The van der Waals surface area contributed by atoms with E-state index in [1.54, 1.807) is 0 Å². The van der Waals surface area contributed by atoms with Gasteiger partial charge in [0.05, 0.1) is 22.4 Å². The van der Waals surface area contributed by atoms with Crippen LogP contribution in [0.5, 0.6) is 0 Å². The van der Waals surface area contributed by atoms with Crippen molar-refractivity contribution in [2.45, 2.75) is 32.5 Å².